The van der Waals surface area contributed by atoms with Gasteiger partial charge in [-0.2, -0.15) is 5.26 Å². The summed E-state index contributed by atoms with van der Waals surface area (Å²) in [7, 11) is 0. The summed E-state index contributed by atoms with van der Waals surface area (Å²) in [4.78, 5) is 4.79. The van der Waals surface area contributed by atoms with E-state index >= 15 is 0 Å². The summed E-state index contributed by atoms with van der Waals surface area (Å²) in [5, 5.41) is 8.86. The van der Waals surface area contributed by atoms with E-state index in [-0.39, 0.29) is 11.4 Å². The van der Waals surface area contributed by atoms with E-state index in [1.54, 1.807) is 12.1 Å². The number of piperazine rings is 1. The highest BCUT2D eigenvalue weighted by Gasteiger charge is 2.33. The van der Waals surface area contributed by atoms with Crippen LogP contribution in [0.5, 0.6) is 0 Å². The zero-order valence-electron chi connectivity index (χ0n) is 14.9. The predicted molar refractivity (Wildman–Crippen MR) is 97.3 cm³/mol. The van der Waals surface area contributed by atoms with Crippen LogP contribution in [0, 0.1) is 17.1 Å². The molecule has 0 saturated carbocycles. The summed E-state index contributed by atoms with van der Waals surface area (Å²) in [5.41, 5.74) is 2.37. The highest BCUT2D eigenvalue weighted by atomic mass is 19.1. The lowest BCUT2D eigenvalue weighted by atomic mass is 9.97. The van der Waals surface area contributed by atoms with Crippen molar-refractivity contribution in [2.45, 2.75) is 32.5 Å². The Labute approximate surface area is 149 Å². The number of nitriles is 1. The van der Waals surface area contributed by atoms with Crippen LogP contribution in [0.1, 0.15) is 30.5 Å². The molecule has 4 heteroatoms. The minimum absolute atomic E-state index is 0.0250. The third kappa shape index (κ3) is 4.25. The van der Waals surface area contributed by atoms with E-state index in [0.717, 1.165) is 26.2 Å². The van der Waals surface area contributed by atoms with Gasteiger partial charge in [0.25, 0.3) is 0 Å². The molecule has 0 spiro atoms. The molecule has 0 unspecified atom stereocenters. The fraction of sp³-hybridized carbons (Fsp3) is 0.381. The third-order valence-electron chi connectivity index (χ3n) is 4.95. The van der Waals surface area contributed by atoms with Crippen LogP contribution < -0.4 is 0 Å². The molecule has 0 aliphatic carbocycles. The lowest BCUT2D eigenvalue weighted by Gasteiger charge is -2.47. The van der Waals surface area contributed by atoms with Gasteiger partial charge in [0.2, 0.25) is 0 Å². The Balaban J connectivity index is 1.65. The highest BCUT2D eigenvalue weighted by molar-refractivity contribution is 5.32. The van der Waals surface area contributed by atoms with Gasteiger partial charge in [-0.25, -0.2) is 4.39 Å². The highest BCUT2D eigenvalue weighted by Crippen LogP contribution is 2.25. The summed E-state index contributed by atoms with van der Waals surface area (Å²) in [6, 6.07) is 17.2. The molecule has 0 amide bonds. The van der Waals surface area contributed by atoms with Crippen molar-refractivity contribution < 1.29 is 4.39 Å². The number of hydrogen-bond donors (Lipinski definition) is 0. The minimum Gasteiger partial charge on any atom is -0.296 e. The summed E-state index contributed by atoms with van der Waals surface area (Å²) in [5.74, 6) is -0.288. The molecule has 130 valence electrons. The van der Waals surface area contributed by atoms with Crippen LogP contribution in [0.15, 0.2) is 48.5 Å². The first kappa shape index (κ1) is 17.6. The smallest absolute Gasteiger partial charge is 0.129 e. The summed E-state index contributed by atoms with van der Waals surface area (Å²) in [6.07, 6.45) is 0. The largest absolute Gasteiger partial charge is 0.296 e. The molecule has 0 atom stereocenters. The summed E-state index contributed by atoms with van der Waals surface area (Å²) in [6.45, 7) is 8.77. The fourth-order valence-electron chi connectivity index (χ4n) is 3.51. The van der Waals surface area contributed by atoms with Gasteiger partial charge in [0, 0.05) is 43.8 Å². The van der Waals surface area contributed by atoms with Crippen molar-refractivity contribution >= 4 is 0 Å². The van der Waals surface area contributed by atoms with Crippen LogP contribution in [0.3, 0.4) is 0 Å². The van der Waals surface area contributed by atoms with Gasteiger partial charge in [-0.15, -0.1) is 0 Å². The van der Waals surface area contributed by atoms with Gasteiger partial charge in [0.15, 0.2) is 0 Å². The number of hydrogen-bond acceptors (Lipinski definition) is 3. The van der Waals surface area contributed by atoms with Crippen molar-refractivity contribution in [3.8, 4) is 6.07 Å². The van der Waals surface area contributed by atoms with Crippen molar-refractivity contribution in [3.63, 3.8) is 0 Å². The Morgan fingerprint density at radius 2 is 1.84 bits per heavy atom. The minimum atomic E-state index is -0.288. The number of nitrogens with zero attached hydrogens (tertiary/aromatic N) is 3. The number of benzene rings is 2. The van der Waals surface area contributed by atoms with E-state index in [2.05, 4.69) is 47.9 Å². The molecular formula is C21H24FN3. The van der Waals surface area contributed by atoms with E-state index in [1.165, 1.54) is 11.6 Å². The standard InChI is InChI=1S/C21H24FN3/c1-21(2)16-24(15-19-9-8-18(13-23)12-20(19)22)10-11-25(21)14-17-6-4-3-5-7-17/h3-9,12H,10-11,14-16H2,1-2H3. The van der Waals surface area contributed by atoms with Crippen molar-refractivity contribution in [1.82, 2.24) is 9.80 Å². The maximum atomic E-state index is 14.2. The topological polar surface area (TPSA) is 30.3 Å². The molecule has 1 saturated heterocycles. The molecule has 0 bridgehead atoms. The van der Waals surface area contributed by atoms with E-state index in [9.17, 15) is 4.39 Å². The van der Waals surface area contributed by atoms with Crippen LogP contribution in [-0.4, -0.2) is 35.0 Å². The van der Waals surface area contributed by atoms with Crippen molar-refractivity contribution in [2.75, 3.05) is 19.6 Å². The van der Waals surface area contributed by atoms with E-state index in [0.29, 0.717) is 17.7 Å². The maximum Gasteiger partial charge on any atom is 0.129 e. The molecule has 1 fully saturated rings. The Morgan fingerprint density at radius 3 is 2.48 bits per heavy atom. The molecule has 1 aliphatic heterocycles. The Hall–Kier alpha value is -2.22. The molecule has 0 aromatic heterocycles. The number of halogens is 1. The lowest BCUT2D eigenvalue weighted by Crippen LogP contribution is -2.58. The van der Waals surface area contributed by atoms with Gasteiger partial charge < -0.3 is 0 Å². The molecule has 25 heavy (non-hydrogen) atoms. The van der Waals surface area contributed by atoms with Crippen LogP contribution >= 0.6 is 0 Å². The average molecular weight is 337 g/mol. The van der Waals surface area contributed by atoms with E-state index < -0.39 is 0 Å². The SMILES string of the molecule is CC1(C)CN(Cc2ccc(C#N)cc2F)CCN1Cc1ccccc1. The molecule has 1 aliphatic rings. The third-order valence-corrected chi connectivity index (χ3v) is 4.95. The zero-order valence-corrected chi connectivity index (χ0v) is 14.9. The van der Waals surface area contributed by atoms with Crippen LogP contribution in [0.4, 0.5) is 4.39 Å². The van der Waals surface area contributed by atoms with Gasteiger partial charge in [-0.05, 0) is 31.5 Å². The Morgan fingerprint density at radius 1 is 1.08 bits per heavy atom. The lowest BCUT2D eigenvalue weighted by molar-refractivity contribution is 0.00991. The van der Waals surface area contributed by atoms with Crippen LogP contribution in [0.25, 0.3) is 0 Å². The molecule has 2 aromatic carbocycles. The van der Waals surface area contributed by atoms with Crippen LogP contribution in [0.2, 0.25) is 0 Å². The molecule has 3 nitrogen and oxygen atoms in total. The van der Waals surface area contributed by atoms with E-state index in [1.807, 2.05) is 12.1 Å². The second-order valence-corrected chi connectivity index (χ2v) is 7.35. The normalized spacial score (nSPS) is 18.0. The molecular weight excluding hydrogens is 313 g/mol. The second-order valence-electron chi connectivity index (χ2n) is 7.35. The van der Waals surface area contributed by atoms with Crippen molar-refractivity contribution in [3.05, 3.63) is 71.0 Å². The first-order valence-corrected chi connectivity index (χ1v) is 8.68. The molecule has 3 rings (SSSR count). The fourth-order valence-corrected chi connectivity index (χ4v) is 3.51. The zero-order chi connectivity index (χ0) is 17.9. The van der Waals surface area contributed by atoms with Crippen molar-refractivity contribution in [1.29, 1.82) is 5.26 Å². The first-order valence-electron chi connectivity index (χ1n) is 8.68. The summed E-state index contributed by atoms with van der Waals surface area (Å²) >= 11 is 0. The second kappa shape index (κ2) is 7.35. The van der Waals surface area contributed by atoms with Gasteiger partial charge in [0.1, 0.15) is 5.82 Å². The molecule has 0 N–H and O–H groups in total. The quantitative estimate of drug-likeness (QED) is 0.850. The first-order chi connectivity index (χ1) is 12.0. The predicted octanol–water partition coefficient (Wildman–Crippen LogP) is 3.79. The molecule has 2 aromatic rings. The monoisotopic (exact) mass is 337 g/mol. The Bertz CT molecular complexity index is 764. The average Bonchev–Trinajstić information content (AvgIpc) is 2.59. The van der Waals surface area contributed by atoms with Gasteiger partial charge in [-0.3, -0.25) is 9.80 Å². The molecule has 0 radical (unpaired) electrons. The van der Waals surface area contributed by atoms with Crippen molar-refractivity contribution in [2.24, 2.45) is 0 Å². The van der Waals surface area contributed by atoms with Gasteiger partial charge >= 0.3 is 0 Å². The van der Waals surface area contributed by atoms with Gasteiger partial charge in [-0.1, -0.05) is 36.4 Å². The van der Waals surface area contributed by atoms with Crippen LogP contribution in [-0.2, 0) is 13.1 Å². The summed E-state index contributed by atoms with van der Waals surface area (Å²) < 4.78 is 14.2. The Kier molecular flexibility index (Phi) is 5.17. The number of rotatable bonds is 4. The van der Waals surface area contributed by atoms with Gasteiger partial charge in [0.05, 0.1) is 11.6 Å². The molecule has 1 heterocycles. The van der Waals surface area contributed by atoms with E-state index in [4.69, 9.17) is 5.26 Å². The maximum absolute atomic E-state index is 14.2.